The minimum atomic E-state index is -0.500. The monoisotopic (exact) mass is 302 g/mol. The summed E-state index contributed by atoms with van der Waals surface area (Å²) in [6, 6.07) is 9.24. The second-order valence-electron chi connectivity index (χ2n) is 6.28. The fourth-order valence-corrected chi connectivity index (χ4v) is 3.01. The number of rotatable bonds is 6. The van der Waals surface area contributed by atoms with Gasteiger partial charge < -0.3 is 10.6 Å². The van der Waals surface area contributed by atoms with Crippen molar-refractivity contribution in [2.45, 2.75) is 58.0 Å². The normalized spacial score (nSPS) is 17.7. The summed E-state index contributed by atoms with van der Waals surface area (Å²) in [6.07, 6.45) is 5.27. The molecule has 4 heteroatoms. The van der Waals surface area contributed by atoms with Crippen LogP contribution in [-0.2, 0) is 9.59 Å². The van der Waals surface area contributed by atoms with Crippen LogP contribution in [0.25, 0.3) is 0 Å². The van der Waals surface area contributed by atoms with Gasteiger partial charge in [0.05, 0.1) is 6.04 Å². The molecule has 120 valence electrons. The lowest BCUT2D eigenvalue weighted by Crippen LogP contribution is -2.45. The Morgan fingerprint density at radius 1 is 1.09 bits per heavy atom. The molecule has 2 unspecified atom stereocenters. The van der Waals surface area contributed by atoms with Gasteiger partial charge in [0.2, 0.25) is 11.8 Å². The number of hydrogen-bond donors (Lipinski definition) is 2. The van der Waals surface area contributed by atoms with Gasteiger partial charge >= 0.3 is 0 Å². The predicted molar refractivity (Wildman–Crippen MR) is 87.2 cm³/mol. The van der Waals surface area contributed by atoms with E-state index < -0.39 is 6.04 Å². The highest BCUT2D eigenvalue weighted by Gasteiger charge is 2.22. The van der Waals surface area contributed by atoms with Crippen LogP contribution in [0.3, 0.4) is 0 Å². The van der Waals surface area contributed by atoms with Crippen molar-refractivity contribution in [3.63, 3.8) is 0 Å². The van der Waals surface area contributed by atoms with E-state index in [0.29, 0.717) is 12.3 Å². The van der Waals surface area contributed by atoms with Gasteiger partial charge in [0.1, 0.15) is 6.04 Å². The Morgan fingerprint density at radius 2 is 1.73 bits per heavy atom. The van der Waals surface area contributed by atoms with E-state index in [1.807, 2.05) is 37.3 Å². The molecule has 0 heterocycles. The molecule has 1 aromatic rings. The van der Waals surface area contributed by atoms with Crippen molar-refractivity contribution in [1.29, 1.82) is 0 Å². The molecule has 1 fully saturated rings. The van der Waals surface area contributed by atoms with Gasteiger partial charge in [0.15, 0.2) is 0 Å². The zero-order chi connectivity index (χ0) is 15.9. The third kappa shape index (κ3) is 4.86. The van der Waals surface area contributed by atoms with Crippen LogP contribution >= 0.6 is 0 Å². The van der Waals surface area contributed by atoms with Crippen LogP contribution in [0.4, 0.5) is 0 Å². The molecule has 0 spiro atoms. The Balaban J connectivity index is 1.77. The number of benzene rings is 1. The first-order chi connectivity index (χ1) is 10.6. The molecular weight excluding hydrogens is 276 g/mol. The molecule has 0 aliphatic heterocycles. The van der Waals surface area contributed by atoms with Crippen molar-refractivity contribution < 1.29 is 9.59 Å². The lowest BCUT2D eigenvalue weighted by Gasteiger charge is -2.19. The maximum atomic E-state index is 12.2. The standard InChI is InChI=1S/C18H26N2O2/c1-13(16-10-4-3-5-11-16)20-18(22)14(2)19-17(21)12-15-8-6-7-9-15/h3-5,10-11,13-15H,6-9,12H2,1-2H3,(H,19,21)(H,20,22). The van der Waals surface area contributed by atoms with Crippen molar-refractivity contribution in [1.82, 2.24) is 10.6 Å². The van der Waals surface area contributed by atoms with E-state index in [9.17, 15) is 9.59 Å². The molecule has 1 aliphatic carbocycles. The highest BCUT2D eigenvalue weighted by Crippen LogP contribution is 2.27. The smallest absolute Gasteiger partial charge is 0.242 e. The maximum absolute atomic E-state index is 12.2. The van der Waals surface area contributed by atoms with E-state index in [2.05, 4.69) is 10.6 Å². The third-order valence-electron chi connectivity index (χ3n) is 4.38. The van der Waals surface area contributed by atoms with E-state index in [0.717, 1.165) is 18.4 Å². The summed E-state index contributed by atoms with van der Waals surface area (Å²) in [4.78, 5) is 24.2. The average molecular weight is 302 g/mol. The number of carbonyl (C=O) groups is 2. The third-order valence-corrected chi connectivity index (χ3v) is 4.38. The largest absolute Gasteiger partial charge is 0.348 e. The SMILES string of the molecule is CC(NC(=O)CC1CCCC1)C(=O)NC(C)c1ccccc1. The van der Waals surface area contributed by atoms with Gasteiger partial charge in [-0.3, -0.25) is 9.59 Å². The molecule has 1 aliphatic rings. The van der Waals surface area contributed by atoms with Crippen molar-refractivity contribution in [2.24, 2.45) is 5.92 Å². The second kappa shape index (κ2) is 7.97. The van der Waals surface area contributed by atoms with Crippen LogP contribution in [0.2, 0.25) is 0 Å². The first-order valence-electron chi connectivity index (χ1n) is 8.21. The molecule has 0 aromatic heterocycles. The van der Waals surface area contributed by atoms with Crippen LogP contribution in [0, 0.1) is 5.92 Å². The van der Waals surface area contributed by atoms with E-state index >= 15 is 0 Å². The predicted octanol–water partition coefficient (Wildman–Crippen LogP) is 2.95. The fourth-order valence-electron chi connectivity index (χ4n) is 3.01. The minimum absolute atomic E-state index is 0.0121. The van der Waals surface area contributed by atoms with Gasteiger partial charge in [0, 0.05) is 6.42 Å². The molecule has 2 rings (SSSR count). The molecule has 4 nitrogen and oxygen atoms in total. The lowest BCUT2D eigenvalue weighted by atomic mass is 10.0. The van der Waals surface area contributed by atoms with E-state index in [4.69, 9.17) is 0 Å². The highest BCUT2D eigenvalue weighted by atomic mass is 16.2. The van der Waals surface area contributed by atoms with Gasteiger partial charge in [-0.1, -0.05) is 43.2 Å². The van der Waals surface area contributed by atoms with Crippen molar-refractivity contribution in [2.75, 3.05) is 0 Å². The van der Waals surface area contributed by atoms with Gasteiger partial charge in [0.25, 0.3) is 0 Å². The van der Waals surface area contributed by atoms with E-state index in [-0.39, 0.29) is 17.9 Å². The van der Waals surface area contributed by atoms with Gasteiger partial charge in [-0.15, -0.1) is 0 Å². The molecule has 2 atom stereocenters. The second-order valence-corrected chi connectivity index (χ2v) is 6.28. The summed E-state index contributed by atoms with van der Waals surface area (Å²) in [6.45, 7) is 3.68. The topological polar surface area (TPSA) is 58.2 Å². The Labute approximate surface area is 132 Å². The Bertz CT molecular complexity index is 495. The first kappa shape index (κ1) is 16.5. The van der Waals surface area contributed by atoms with E-state index in [1.165, 1.54) is 12.8 Å². The molecule has 1 saturated carbocycles. The van der Waals surface area contributed by atoms with Crippen LogP contribution in [-0.4, -0.2) is 17.9 Å². The highest BCUT2D eigenvalue weighted by molar-refractivity contribution is 5.87. The van der Waals surface area contributed by atoms with Crippen LogP contribution in [0.5, 0.6) is 0 Å². The number of hydrogen-bond acceptors (Lipinski definition) is 2. The Kier molecular flexibility index (Phi) is 5.99. The number of carbonyl (C=O) groups excluding carboxylic acids is 2. The molecule has 1 aromatic carbocycles. The Morgan fingerprint density at radius 3 is 2.36 bits per heavy atom. The van der Waals surface area contributed by atoms with Gasteiger partial charge in [-0.05, 0) is 38.2 Å². The van der Waals surface area contributed by atoms with Gasteiger partial charge in [-0.2, -0.15) is 0 Å². The number of nitrogens with one attached hydrogen (secondary N) is 2. The molecule has 2 amide bonds. The summed E-state index contributed by atoms with van der Waals surface area (Å²) in [5, 5.41) is 5.75. The van der Waals surface area contributed by atoms with Crippen molar-refractivity contribution in [3.05, 3.63) is 35.9 Å². The lowest BCUT2D eigenvalue weighted by molar-refractivity contribution is -0.129. The maximum Gasteiger partial charge on any atom is 0.242 e. The molecule has 0 radical (unpaired) electrons. The summed E-state index contributed by atoms with van der Waals surface area (Å²) in [5.74, 6) is 0.344. The summed E-state index contributed by atoms with van der Waals surface area (Å²) >= 11 is 0. The van der Waals surface area contributed by atoms with Crippen LogP contribution < -0.4 is 10.6 Å². The quantitative estimate of drug-likeness (QED) is 0.849. The van der Waals surface area contributed by atoms with Crippen molar-refractivity contribution in [3.8, 4) is 0 Å². The molecule has 0 saturated heterocycles. The van der Waals surface area contributed by atoms with Crippen LogP contribution in [0.1, 0.15) is 57.6 Å². The minimum Gasteiger partial charge on any atom is -0.348 e. The first-order valence-corrected chi connectivity index (χ1v) is 8.21. The Hall–Kier alpha value is -1.84. The number of amides is 2. The van der Waals surface area contributed by atoms with Crippen LogP contribution in [0.15, 0.2) is 30.3 Å². The zero-order valence-electron chi connectivity index (χ0n) is 13.5. The van der Waals surface area contributed by atoms with Crippen molar-refractivity contribution >= 4 is 11.8 Å². The zero-order valence-corrected chi connectivity index (χ0v) is 13.5. The molecular formula is C18H26N2O2. The average Bonchev–Trinajstić information content (AvgIpc) is 3.00. The van der Waals surface area contributed by atoms with Gasteiger partial charge in [-0.25, -0.2) is 0 Å². The summed E-state index contributed by atoms with van der Waals surface area (Å²) in [5.41, 5.74) is 1.06. The summed E-state index contributed by atoms with van der Waals surface area (Å²) < 4.78 is 0. The molecule has 2 N–H and O–H groups in total. The molecule has 0 bridgehead atoms. The van der Waals surface area contributed by atoms with E-state index in [1.54, 1.807) is 6.92 Å². The summed E-state index contributed by atoms with van der Waals surface area (Å²) in [7, 11) is 0. The molecule has 22 heavy (non-hydrogen) atoms. The fraction of sp³-hybridized carbons (Fsp3) is 0.556.